The Bertz CT molecular complexity index is 116. The van der Waals surface area contributed by atoms with Gasteiger partial charge in [-0.1, -0.05) is 12.2 Å². The number of piperidine rings is 1. The molecule has 0 spiro atoms. The van der Waals surface area contributed by atoms with Crippen molar-refractivity contribution >= 4 is 12.4 Å². The maximum absolute atomic E-state index is 8.71. The summed E-state index contributed by atoms with van der Waals surface area (Å²) < 4.78 is 0. The van der Waals surface area contributed by atoms with Crippen LogP contribution >= 0.6 is 12.4 Å². The Morgan fingerprint density at radius 2 is 2.40 bits per heavy atom. The average Bonchev–Trinajstić information content (AvgIpc) is 1.88. The monoisotopic (exact) mass is 163 g/mol. The molecule has 1 rings (SSSR count). The van der Waals surface area contributed by atoms with Gasteiger partial charge in [-0.2, -0.15) is 0 Å². The van der Waals surface area contributed by atoms with Gasteiger partial charge >= 0.3 is 0 Å². The van der Waals surface area contributed by atoms with Gasteiger partial charge in [0.1, 0.15) is 0 Å². The summed E-state index contributed by atoms with van der Waals surface area (Å²) in [6.07, 6.45) is 2.01. The first-order valence-electron chi connectivity index (χ1n) is 3.34. The number of aliphatic hydroxyl groups excluding tert-OH is 1. The number of aliphatic hydroxyl groups is 1. The van der Waals surface area contributed by atoms with Crippen molar-refractivity contribution in [2.45, 2.75) is 18.9 Å². The van der Waals surface area contributed by atoms with Gasteiger partial charge in [-0.3, -0.25) is 0 Å². The van der Waals surface area contributed by atoms with Crippen LogP contribution in [0.5, 0.6) is 0 Å². The van der Waals surface area contributed by atoms with E-state index in [4.69, 9.17) is 5.11 Å². The van der Waals surface area contributed by atoms with Crippen molar-refractivity contribution in [1.82, 2.24) is 5.32 Å². The Morgan fingerprint density at radius 1 is 1.70 bits per heavy atom. The quantitative estimate of drug-likeness (QED) is 0.558. The lowest BCUT2D eigenvalue weighted by molar-refractivity contribution is 0.234. The molecule has 10 heavy (non-hydrogen) atoms. The molecule has 0 aliphatic carbocycles. The van der Waals surface area contributed by atoms with E-state index >= 15 is 0 Å². The van der Waals surface area contributed by atoms with Gasteiger partial charge in [0.2, 0.25) is 0 Å². The molecule has 1 fully saturated rings. The standard InChI is InChI=1S/C7H13NO.ClH/c1-6-2-3-8-7(4-6)5-9;/h7-9H,1-5H2;1H/t7-;/m0./s1. The zero-order chi connectivity index (χ0) is 6.69. The Morgan fingerprint density at radius 3 is 2.80 bits per heavy atom. The Hall–Kier alpha value is -0.0500. The molecule has 0 aromatic rings. The smallest absolute Gasteiger partial charge is 0.0587 e. The molecule has 3 heteroatoms. The van der Waals surface area contributed by atoms with Crippen LogP contribution in [-0.2, 0) is 0 Å². The third-order valence-corrected chi connectivity index (χ3v) is 1.67. The second-order valence-electron chi connectivity index (χ2n) is 2.54. The van der Waals surface area contributed by atoms with Gasteiger partial charge in [-0.25, -0.2) is 0 Å². The van der Waals surface area contributed by atoms with Gasteiger partial charge < -0.3 is 10.4 Å². The van der Waals surface area contributed by atoms with Crippen LogP contribution in [0.3, 0.4) is 0 Å². The number of rotatable bonds is 1. The molecule has 0 aromatic carbocycles. The molecule has 1 saturated heterocycles. The Labute approximate surface area is 67.7 Å². The van der Waals surface area contributed by atoms with Gasteiger partial charge in [-0.05, 0) is 19.4 Å². The SMILES string of the molecule is C=C1CCN[C@H](CO)C1.Cl. The molecule has 1 atom stereocenters. The zero-order valence-corrected chi connectivity index (χ0v) is 6.78. The molecule has 0 saturated carbocycles. The van der Waals surface area contributed by atoms with E-state index in [0.29, 0.717) is 0 Å². The van der Waals surface area contributed by atoms with Crippen molar-refractivity contribution in [2.24, 2.45) is 0 Å². The topological polar surface area (TPSA) is 32.3 Å². The van der Waals surface area contributed by atoms with E-state index in [9.17, 15) is 0 Å². The Balaban J connectivity index is 0.000000810. The van der Waals surface area contributed by atoms with Gasteiger partial charge in [0.15, 0.2) is 0 Å². The predicted molar refractivity (Wildman–Crippen MR) is 44.5 cm³/mol. The van der Waals surface area contributed by atoms with E-state index in [1.807, 2.05) is 0 Å². The van der Waals surface area contributed by atoms with Crippen LogP contribution in [0.2, 0.25) is 0 Å². The summed E-state index contributed by atoms with van der Waals surface area (Å²) in [7, 11) is 0. The minimum absolute atomic E-state index is 0. The van der Waals surface area contributed by atoms with Gasteiger partial charge in [0.05, 0.1) is 6.61 Å². The highest BCUT2D eigenvalue weighted by Crippen LogP contribution is 2.11. The molecule has 2 N–H and O–H groups in total. The summed E-state index contributed by atoms with van der Waals surface area (Å²) in [4.78, 5) is 0. The summed E-state index contributed by atoms with van der Waals surface area (Å²) in [5.74, 6) is 0. The highest BCUT2D eigenvalue weighted by Gasteiger charge is 2.12. The fraction of sp³-hybridized carbons (Fsp3) is 0.714. The van der Waals surface area contributed by atoms with Crippen molar-refractivity contribution < 1.29 is 5.11 Å². The maximum Gasteiger partial charge on any atom is 0.0587 e. The van der Waals surface area contributed by atoms with Crippen LogP contribution in [-0.4, -0.2) is 24.3 Å². The number of hydrogen-bond acceptors (Lipinski definition) is 2. The lowest BCUT2D eigenvalue weighted by Crippen LogP contribution is -2.37. The van der Waals surface area contributed by atoms with E-state index in [0.717, 1.165) is 19.4 Å². The van der Waals surface area contributed by atoms with Crippen molar-refractivity contribution in [3.8, 4) is 0 Å². The lowest BCUT2D eigenvalue weighted by atomic mass is 10.0. The summed E-state index contributed by atoms with van der Waals surface area (Å²) >= 11 is 0. The van der Waals surface area contributed by atoms with Crippen molar-refractivity contribution in [3.05, 3.63) is 12.2 Å². The van der Waals surface area contributed by atoms with Crippen molar-refractivity contribution in [1.29, 1.82) is 0 Å². The van der Waals surface area contributed by atoms with Crippen LogP contribution in [0.4, 0.5) is 0 Å². The van der Waals surface area contributed by atoms with Gasteiger partial charge in [0.25, 0.3) is 0 Å². The fourth-order valence-electron chi connectivity index (χ4n) is 1.10. The van der Waals surface area contributed by atoms with E-state index in [2.05, 4.69) is 11.9 Å². The normalized spacial score (nSPS) is 25.7. The van der Waals surface area contributed by atoms with E-state index < -0.39 is 0 Å². The summed E-state index contributed by atoms with van der Waals surface area (Å²) in [6, 6.07) is 0.270. The van der Waals surface area contributed by atoms with Crippen LogP contribution in [0, 0.1) is 0 Å². The number of halogens is 1. The van der Waals surface area contributed by atoms with Crippen LogP contribution in [0.25, 0.3) is 0 Å². The molecule has 1 aliphatic heterocycles. The van der Waals surface area contributed by atoms with Crippen LogP contribution in [0.1, 0.15) is 12.8 Å². The minimum Gasteiger partial charge on any atom is -0.395 e. The number of nitrogens with one attached hydrogen (secondary N) is 1. The van der Waals surface area contributed by atoms with E-state index in [-0.39, 0.29) is 25.1 Å². The summed E-state index contributed by atoms with van der Waals surface area (Å²) in [5.41, 5.74) is 1.26. The first-order chi connectivity index (χ1) is 4.33. The molecule has 1 aliphatic rings. The van der Waals surface area contributed by atoms with Gasteiger partial charge in [-0.15, -0.1) is 12.4 Å². The maximum atomic E-state index is 8.71. The Kier molecular flexibility index (Phi) is 4.69. The molecule has 0 aromatic heterocycles. The highest BCUT2D eigenvalue weighted by atomic mass is 35.5. The molecular formula is C7H14ClNO. The largest absolute Gasteiger partial charge is 0.395 e. The third-order valence-electron chi connectivity index (χ3n) is 1.67. The molecule has 2 nitrogen and oxygen atoms in total. The first-order valence-corrected chi connectivity index (χ1v) is 3.34. The van der Waals surface area contributed by atoms with Gasteiger partial charge in [0, 0.05) is 6.04 Å². The van der Waals surface area contributed by atoms with Crippen LogP contribution in [0.15, 0.2) is 12.2 Å². The second-order valence-corrected chi connectivity index (χ2v) is 2.54. The average molecular weight is 164 g/mol. The molecule has 1 heterocycles. The second kappa shape index (κ2) is 4.72. The lowest BCUT2D eigenvalue weighted by Gasteiger charge is -2.22. The minimum atomic E-state index is 0. The molecular weight excluding hydrogens is 150 g/mol. The third kappa shape index (κ3) is 2.69. The molecule has 0 amide bonds. The first kappa shape index (κ1) is 9.95. The zero-order valence-electron chi connectivity index (χ0n) is 5.97. The molecule has 0 radical (unpaired) electrons. The van der Waals surface area contributed by atoms with Crippen LogP contribution < -0.4 is 5.32 Å². The molecule has 60 valence electrons. The predicted octanol–water partition coefficient (Wildman–Crippen LogP) is 0.709. The van der Waals surface area contributed by atoms with Crippen molar-refractivity contribution in [2.75, 3.05) is 13.2 Å². The summed E-state index contributed by atoms with van der Waals surface area (Å²) in [5, 5.41) is 11.9. The summed E-state index contributed by atoms with van der Waals surface area (Å²) in [6.45, 7) is 5.07. The number of hydrogen-bond donors (Lipinski definition) is 2. The highest BCUT2D eigenvalue weighted by molar-refractivity contribution is 5.85. The molecule has 0 bridgehead atoms. The molecule has 0 unspecified atom stereocenters. The fourth-order valence-corrected chi connectivity index (χ4v) is 1.10. The van der Waals surface area contributed by atoms with E-state index in [1.54, 1.807) is 0 Å². The van der Waals surface area contributed by atoms with E-state index in [1.165, 1.54) is 5.57 Å². The van der Waals surface area contributed by atoms with Crippen molar-refractivity contribution in [3.63, 3.8) is 0 Å².